The van der Waals surface area contributed by atoms with E-state index in [4.69, 9.17) is 14.6 Å². The van der Waals surface area contributed by atoms with Crippen LogP contribution in [0.5, 0.6) is 0 Å². The lowest BCUT2D eigenvalue weighted by molar-refractivity contribution is 0.442. The molecule has 0 aliphatic carbocycles. The molecule has 0 saturated carbocycles. The summed E-state index contributed by atoms with van der Waals surface area (Å²) in [7, 11) is 0. The molecular weight excluding hydrogens is 178 g/mol. The van der Waals surface area contributed by atoms with E-state index in [0.29, 0.717) is 13.0 Å². The molecule has 0 aliphatic rings. The van der Waals surface area contributed by atoms with Crippen LogP contribution in [0.1, 0.15) is 23.0 Å². The molecule has 0 fully saturated rings. The summed E-state index contributed by atoms with van der Waals surface area (Å²) < 4.78 is 10.9. The summed E-state index contributed by atoms with van der Waals surface area (Å²) in [6.07, 6.45) is 0.688. The molecule has 0 radical (unpaired) electrons. The van der Waals surface area contributed by atoms with Crippen molar-refractivity contribution in [3.63, 3.8) is 0 Å². The van der Waals surface area contributed by atoms with Gasteiger partial charge in [-0.3, -0.25) is 0 Å². The topological polar surface area (TPSA) is 52.3 Å². The van der Waals surface area contributed by atoms with Crippen LogP contribution in [0.4, 0.5) is 0 Å². The van der Waals surface area contributed by atoms with Gasteiger partial charge in [0.05, 0.1) is 13.0 Å². The Balaban J connectivity index is 2.10. The average Bonchev–Trinajstić information content (AvgIpc) is 2.76. The molecule has 0 bridgehead atoms. The maximum atomic E-state index is 5.46. The van der Waals surface area contributed by atoms with Gasteiger partial charge in [0.1, 0.15) is 23.0 Å². The predicted molar refractivity (Wildman–Crippen MR) is 52.9 cm³/mol. The van der Waals surface area contributed by atoms with Crippen molar-refractivity contribution in [2.24, 2.45) is 5.73 Å². The second kappa shape index (κ2) is 3.72. The largest absolute Gasteiger partial charge is 0.466 e. The van der Waals surface area contributed by atoms with Crippen LogP contribution in [0.25, 0.3) is 0 Å². The Morgan fingerprint density at radius 1 is 1.00 bits per heavy atom. The van der Waals surface area contributed by atoms with Crippen LogP contribution >= 0.6 is 0 Å². The maximum absolute atomic E-state index is 5.46. The van der Waals surface area contributed by atoms with E-state index in [2.05, 4.69) is 0 Å². The van der Waals surface area contributed by atoms with E-state index in [1.165, 1.54) is 0 Å². The Labute approximate surface area is 82.5 Å². The number of hydrogen-bond acceptors (Lipinski definition) is 3. The molecule has 0 aliphatic heterocycles. The van der Waals surface area contributed by atoms with E-state index in [9.17, 15) is 0 Å². The van der Waals surface area contributed by atoms with Gasteiger partial charge >= 0.3 is 0 Å². The fourth-order valence-corrected chi connectivity index (χ4v) is 1.38. The molecule has 3 heteroatoms. The van der Waals surface area contributed by atoms with Crippen molar-refractivity contribution in [3.8, 4) is 0 Å². The number of nitrogens with two attached hydrogens (primary N) is 1. The summed E-state index contributed by atoms with van der Waals surface area (Å²) in [5.74, 6) is 3.54. The first kappa shape index (κ1) is 9.09. The SMILES string of the molecule is Cc1ccc(Cc2ccc(CN)o2)o1. The monoisotopic (exact) mass is 191 g/mol. The number of rotatable bonds is 3. The molecule has 2 aromatic heterocycles. The van der Waals surface area contributed by atoms with E-state index >= 15 is 0 Å². The number of furan rings is 2. The van der Waals surface area contributed by atoms with Gasteiger partial charge in [0.15, 0.2) is 0 Å². The van der Waals surface area contributed by atoms with Crippen molar-refractivity contribution in [1.82, 2.24) is 0 Å². The summed E-state index contributed by atoms with van der Waals surface area (Å²) in [6.45, 7) is 2.37. The molecule has 0 saturated heterocycles. The van der Waals surface area contributed by atoms with Crippen molar-refractivity contribution in [2.75, 3.05) is 0 Å². The van der Waals surface area contributed by atoms with Gasteiger partial charge < -0.3 is 14.6 Å². The van der Waals surface area contributed by atoms with Crippen LogP contribution in [0, 0.1) is 6.92 Å². The van der Waals surface area contributed by atoms with Crippen LogP contribution in [0.3, 0.4) is 0 Å². The molecular formula is C11H13NO2. The Hall–Kier alpha value is -1.48. The van der Waals surface area contributed by atoms with Gasteiger partial charge in [-0.05, 0) is 31.2 Å². The third-order valence-electron chi connectivity index (χ3n) is 2.06. The Kier molecular flexibility index (Phi) is 2.41. The van der Waals surface area contributed by atoms with Gasteiger partial charge in [0, 0.05) is 0 Å². The van der Waals surface area contributed by atoms with Crippen LogP contribution in [-0.4, -0.2) is 0 Å². The highest BCUT2D eigenvalue weighted by molar-refractivity contribution is 5.15. The minimum Gasteiger partial charge on any atom is -0.466 e. The summed E-state index contributed by atoms with van der Waals surface area (Å²) in [4.78, 5) is 0. The average molecular weight is 191 g/mol. The van der Waals surface area contributed by atoms with Crippen molar-refractivity contribution in [2.45, 2.75) is 19.9 Å². The van der Waals surface area contributed by atoms with Gasteiger partial charge in [-0.2, -0.15) is 0 Å². The highest BCUT2D eigenvalue weighted by atomic mass is 16.4. The normalized spacial score (nSPS) is 10.7. The Morgan fingerprint density at radius 3 is 2.21 bits per heavy atom. The minimum atomic E-state index is 0.442. The summed E-state index contributed by atoms with van der Waals surface area (Å²) in [5.41, 5.74) is 5.44. The first-order valence-corrected chi connectivity index (χ1v) is 4.61. The molecule has 2 aromatic rings. The first-order chi connectivity index (χ1) is 6.78. The molecule has 14 heavy (non-hydrogen) atoms. The van der Waals surface area contributed by atoms with Crippen molar-refractivity contribution >= 4 is 0 Å². The highest BCUT2D eigenvalue weighted by Gasteiger charge is 2.04. The molecule has 2 rings (SSSR count). The summed E-state index contributed by atoms with van der Waals surface area (Å²) in [6, 6.07) is 7.73. The van der Waals surface area contributed by atoms with Gasteiger partial charge in [-0.15, -0.1) is 0 Å². The molecule has 2 heterocycles. The quantitative estimate of drug-likeness (QED) is 0.809. The predicted octanol–water partition coefficient (Wildman–Crippen LogP) is 2.23. The molecule has 0 aromatic carbocycles. The smallest absolute Gasteiger partial charge is 0.117 e. The second-order valence-corrected chi connectivity index (χ2v) is 3.26. The van der Waals surface area contributed by atoms with E-state index in [-0.39, 0.29) is 0 Å². The van der Waals surface area contributed by atoms with Crippen LogP contribution in [-0.2, 0) is 13.0 Å². The fraction of sp³-hybridized carbons (Fsp3) is 0.273. The first-order valence-electron chi connectivity index (χ1n) is 4.61. The standard InChI is InChI=1S/C11H13NO2/c1-8-2-3-9(13-8)6-10-4-5-11(7-12)14-10/h2-5H,6-7,12H2,1H3. The van der Waals surface area contributed by atoms with Crippen molar-refractivity contribution < 1.29 is 8.83 Å². The van der Waals surface area contributed by atoms with E-state index in [0.717, 1.165) is 23.0 Å². The third-order valence-corrected chi connectivity index (χ3v) is 2.06. The zero-order chi connectivity index (χ0) is 9.97. The minimum absolute atomic E-state index is 0.442. The molecule has 0 atom stereocenters. The van der Waals surface area contributed by atoms with Crippen LogP contribution in [0.15, 0.2) is 33.1 Å². The van der Waals surface area contributed by atoms with Crippen LogP contribution < -0.4 is 5.73 Å². The van der Waals surface area contributed by atoms with E-state index in [1.54, 1.807) is 0 Å². The van der Waals surface area contributed by atoms with Gasteiger partial charge in [-0.1, -0.05) is 0 Å². The lowest BCUT2D eigenvalue weighted by Crippen LogP contribution is -1.92. The van der Waals surface area contributed by atoms with Gasteiger partial charge in [-0.25, -0.2) is 0 Å². The van der Waals surface area contributed by atoms with Crippen molar-refractivity contribution in [3.05, 3.63) is 47.3 Å². The van der Waals surface area contributed by atoms with Gasteiger partial charge in [0.2, 0.25) is 0 Å². The van der Waals surface area contributed by atoms with Crippen LogP contribution in [0.2, 0.25) is 0 Å². The lowest BCUT2D eigenvalue weighted by atomic mass is 10.3. The third kappa shape index (κ3) is 1.88. The van der Waals surface area contributed by atoms with E-state index < -0.39 is 0 Å². The van der Waals surface area contributed by atoms with E-state index in [1.807, 2.05) is 31.2 Å². The summed E-state index contributed by atoms with van der Waals surface area (Å²) in [5, 5.41) is 0. The molecule has 3 nitrogen and oxygen atoms in total. The Morgan fingerprint density at radius 2 is 1.64 bits per heavy atom. The zero-order valence-electron chi connectivity index (χ0n) is 8.12. The Bertz CT molecular complexity index is 414. The molecule has 0 spiro atoms. The zero-order valence-corrected chi connectivity index (χ0v) is 8.12. The molecule has 74 valence electrons. The highest BCUT2D eigenvalue weighted by Crippen LogP contribution is 2.14. The maximum Gasteiger partial charge on any atom is 0.117 e. The molecule has 2 N–H and O–H groups in total. The number of aryl methyl sites for hydroxylation is 1. The van der Waals surface area contributed by atoms with Gasteiger partial charge in [0.25, 0.3) is 0 Å². The molecule has 0 amide bonds. The lowest BCUT2D eigenvalue weighted by Gasteiger charge is -1.93. The molecule has 0 unspecified atom stereocenters. The second-order valence-electron chi connectivity index (χ2n) is 3.26. The summed E-state index contributed by atoms with van der Waals surface area (Å²) >= 11 is 0. The fourth-order valence-electron chi connectivity index (χ4n) is 1.38. The number of hydrogen-bond donors (Lipinski definition) is 1. The van der Waals surface area contributed by atoms with Crippen molar-refractivity contribution in [1.29, 1.82) is 0 Å².